The lowest BCUT2D eigenvalue weighted by molar-refractivity contribution is 0.250. The van der Waals surface area contributed by atoms with Crippen LogP contribution in [-0.4, -0.2) is 47.0 Å². The predicted molar refractivity (Wildman–Crippen MR) is 99.6 cm³/mol. The number of nitrogens with zero attached hydrogens (tertiary/aromatic N) is 4. The number of rotatable bonds is 2. The minimum absolute atomic E-state index is 0.118. The number of fused-ring (bicyclic) bond motifs is 1. The number of piperidine rings is 1. The van der Waals surface area contributed by atoms with Gasteiger partial charge in [-0.25, -0.2) is 11.6 Å². The van der Waals surface area contributed by atoms with Crippen molar-refractivity contribution in [3.05, 3.63) is 58.0 Å². The van der Waals surface area contributed by atoms with Crippen LogP contribution >= 0.6 is 11.6 Å². The third kappa shape index (κ3) is 2.86. The van der Waals surface area contributed by atoms with E-state index >= 15 is 0 Å². The average Bonchev–Trinajstić information content (AvgIpc) is 3.10. The topological polar surface area (TPSA) is 48.6 Å². The fourth-order valence-electron chi connectivity index (χ4n) is 3.98. The molecule has 2 unspecified atom stereocenters. The molecule has 0 bridgehead atoms. The summed E-state index contributed by atoms with van der Waals surface area (Å²) in [6, 6.07) is 7.48. The van der Waals surface area contributed by atoms with Crippen molar-refractivity contribution in [1.29, 1.82) is 0 Å². The first-order valence-electron chi connectivity index (χ1n) is 8.60. The molecule has 25 heavy (non-hydrogen) atoms. The molecule has 6 heteroatoms. The number of hydrogen-bond acceptors (Lipinski definition) is 3. The Morgan fingerprint density at radius 1 is 1.24 bits per heavy atom. The van der Waals surface area contributed by atoms with E-state index in [-0.39, 0.29) is 12.0 Å². The van der Waals surface area contributed by atoms with Gasteiger partial charge < -0.3 is 9.74 Å². The van der Waals surface area contributed by atoms with Gasteiger partial charge in [0, 0.05) is 16.5 Å². The van der Waals surface area contributed by atoms with E-state index in [1.54, 1.807) is 6.20 Å². The molecule has 2 atom stereocenters. The summed E-state index contributed by atoms with van der Waals surface area (Å²) in [5.74, 6) is 1.00. The number of nitrogens with one attached hydrogen (secondary N) is 1. The monoisotopic (exact) mass is 353 g/mol. The Balaban J connectivity index is 1.80. The average molecular weight is 354 g/mol. The van der Waals surface area contributed by atoms with Crippen molar-refractivity contribution in [2.75, 3.05) is 20.1 Å². The highest BCUT2D eigenvalue weighted by atomic mass is 35.5. The maximum Gasteiger partial charge on any atom is 0.272 e. The molecule has 2 aromatic rings. The summed E-state index contributed by atoms with van der Waals surface area (Å²) in [4.78, 5) is 11.2. The number of likely N-dealkylation sites (tertiary alicyclic amines) is 1. The van der Waals surface area contributed by atoms with Crippen molar-refractivity contribution < 1.29 is 0 Å². The van der Waals surface area contributed by atoms with Crippen molar-refractivity contribution in [2.24, 2.45) is 10.9 Å². The molecule has 128 valence electrons. The number of H-pyrrole nitrogens is 1. The van der Waals surface area contributed by atoms with Crippen molar-refractivity contribution in [1.82, 2.24) is 15.1 Å². The lowest BCUT2D eigenvalue weighted by atomic mass is 9.77. The molecule has 0 amide bonds. The molecule has 1 aromatic carbocycles. The van der Waals surface area contributed by atoms with Crippen molar-refractivity contribution in [2.45, 2.75) is 24.8 Å². The van der Waals surface area contributed by atoms with Crippen LogP contribution in [0.1, 0.15) is 29.9 Å². The van der Waals surface area contributed by atoms with E-state index < -0.39 is 0 Å². The second kappa shape index (κ2) is 6.62. The summed E-state index contributed by atoms with van der Waals surface area (Å²) in [6.45, 7) is 9.98. The highest BCUT2D eigenvalue weighted by molar-refractivity contribution is 6.31. The molecule has 2 aliphatic heterocycles. The Morgan fingerprint density at radius 3 is 2.72 bits per heavy atom. The second-order valence-corrected chi connectivity index (χ2v) is 7.27. The molecule has 2 aliphatic rings. The quantitative estimate of drug-likeness (QED) is 0.832. The summed E-state index contributed by atoms with van der Waals surface area (Å²) in [5.41, 5.74) is 2.93. The number of aromatic nitrogens is 2. The molecule has 5 nitrogen and oxygen atoms in total. The van der Waals surface area contributed by atoms with Gasteiger partial charge in [-0.1, -0.05) is 29.8 Å². The van der Waals surface area contributed by atoms with Crippen LogP contribution in [0.4, 0.5) is 5.82 Å². The summed E-state index contributed by atoms with van der Waals surface area (Å²) < 4.78 is 0. The number of aromatic amines is 1. The van der Waals surface area contributed by atoms with Crippen molar-refractivity contribution in [3.8, 4) is 0 Å². The largest absolute Gasteiger partial charge is 0.306 e. The van der Waals surface area contributed by atoms with Crippen LogP contribution in [-0.2, 0) is 0 Å². The van der Waals surface area contributed by atoms with E-state index in [9.17, 15) is 0 Å². The Bertz CT molecular complexity index is 841. The highest BCUT2D eigenvalue weighted by Crippen LogP contribution is 2.43. The summed E-state index contributed by atoms with van der Waals surface area (Å²) in [6.07, 6.45) is 3.87. The third-order valence-electron chi connectivity index (χ3n) is 5.36. The zero-order valence-corrected chi connectivity index (χ0v) is 14.9. The van der Waals surface area contributed by atoms with Gasteiger partial charge in [-0.2, -0.15) is 5.10 Å². The van der Waals surface area contributed by atoms with Gasteiger partial charge in [-0.3, -0.25) is 5.10 Å². The molecule has 1 fully saturated rings. The zero-order valence-electron chi connectivity index (χ0n) is 14.1. The van der Waals surface area contributed by atoms with E-state index in [0.717, 1.165) is 48.6 Å². The zero-order chi connectivity index (χ0) is 17.4. The predicted octanol–water partition coefficient (Wildman–Crippen LogP) is 3.91. The maximum absolute atomic E-state index is 7.89. The Labute approximate surface area is 152 Å². The van der Waals surface area contributed by atoms with E-state index in [1.807, 2.05) is 24.3 Å². The molecule has 1 saturated heterocycles. The minimum Gasteiger partial charge on any atom is -0.306 e. The smallest absolute Gasteiger partial charge is 0.272 e. The van der Waals surface area contributed by atoms with Crippen molar-refractivity contribution >= 4 is 23.1 Å². The fourth-order valence-corrected chi connectivity index (χ4v) is 4.24. The molecule has 0 spiro atoms. The first kappa shape index (κ1) is 16.3. The molecule has 0 aliphatic carbocycles. The molecular weight excluding hydrogens is 334 g/mol. The highest BCUT2D eigenvalue weighted by Gasteiger charge is 2.44. The van der Waals surface area contributed by atoms with E-state index in [1.165, 1.54) is 0 Å². The number of halogens is 1. The first-order chi connectivity index (χ1) is 12.2. The lowest BCUT2D eigenvalue weighted by Gasteiger charge is -2.33. The molecule has 0 saturated carbocycles. The normalized spacial score (nSPS) is 24.4. The summed E-state index contributed by atoms with van der Waals surface area (Å²) in [5, 5.41) is 7.88. The van der Waals surface area contributed by atoms with Gasteiger partial charge in [-0.15, -0.1) is 0 Å². The van der Waals surface area contributed by atoms with Gasteiger partial charge in [0.25, 0.3) is 6.04 Å². The molecule has 1 aromatic heterocycles. The number of aliphatic imine (C=N–C) groups is 1. The number of hydrogen-bond donors (Lipinski definition) is 1. The van der Waals surface area contributed by atoms with E-state index in [2.05, 4.69) is 27.0 Å². The molecule has 3 heterocycles. The van der Waals surface area contributed by atoms with Gasteiger partial charge in [-0.05, 0) is 44.6 Å². The Morgan fingerprint density at radius 2 is 2.00 bits per heavy atom. The second-order valence-electron chi connectivity index (χ2n) is 6.86. The molecule has 1 N–H and O–H groups in total. The Hall–Kier alpha value is -2.16. The fraction of sp³-hybridized carbons (Fsp3) is 0.421. The number of benzene rings is 1. The van der Waals surface area contributed by atoms with Crippen LogP contribution in [0.3, 0.4) is 0 Å². The first-order valence-corrected chi connectivity index (χ1v) is 8.98. The summed E-state index contributed by atoms with van der Waals surface area (Å²) >= 11 is 6.49. The van der Waals surface area contributed by atoms with Crippen molar-refractivity contribution in [3.63, 3.8) is 0 Å². The SMILES string of the molecule is [C-]#[N+]C1C(C2CCN(C)CC2)=Nc2[nH]ncc2C1c1ccccc1Cl. The van der Waals surface area contributed by atoms with Gasteiger partial charge in [0.2, 0.25) is 0 Å². The van der Waals surface area contributed by atoms with Crippen LogP contribution < -0.4 is 0 Å². The molecule has 4 rings (SSSR count). The maximum atomic E-state index is 7.89. The standard InChI is InChI=1S/C19H20ClN5/c1-21-18-16(13-5-3-4-6-15(13)20)14-11-22-24-19(14)23-17(18)12-7-9-25(2)10-8-12/h3-6,11-12,16,18H,7-10H2,2H3,(H,22,24). The minimum atomic E-state index is -0.321. The van der Waals surface area contributed by atoms with Gasteiger partial charge >= 0.3 is 0 Å². The van der Waals surface area contributed by atoms with Gasteiger partial charge in [0.1, 0.15) is 5.71 Å². The van der Waals surface area contributed by atoms with Gasteiger partial charge in [0.15, 0.2) is 5.82 Å². The van der Waals surface area contributed by atoms with Crippen LogP contribution in [0, 0.1) is 12.5 Å². The summed E-state index contributed by atoms with van der Waals surface area (Å²) in [7, 11) is 2.14. The van der Waals surface area contributed by atoms with Crippen LogP contribution in [0.2, 0.25) is 5.02 Å². The Kier molecular flexibility index (Phi) is 4.32. The van der Waals surface area contributed by atoms with Crippen LogP contribution in [0.25, 0.3) is 4.85 Å². The van der Waals surface area contributed by atoms with Crippen LogP contribution in [0.15, 0.2) is 35.5 Å². The third-order valence-corrected chi connectivity index (χ3v) is 5.70. The van der Waals surface area contributed by atoms with Crippen LogP contribution in [0.5, 0.6) is 0 Å². The van der Waals surface area contributed by atoms with Gasteiger partial charge in [0.05, 0.1) is 12.1 Å². The van der Waals surface area contributed by atoms with E-state index in [4.69, 9.17) is 23.2 Å². The van der Waals surface area contributed by atoms with E-state index in [0.29, 0.717) is 10.9 Å². The molecule has 0 radical (unpaired) electrons. The molecular formula is C19H20ClN5. The lowest BCUT2D eigenvalue weighted by Crippen LogP contribution is -2.40.